The van der Waals surface area contributed by atoms with Crippen molar-refractivity contribution in [2.24, 2.45) is 11.3 Å². The highest BCUT2D eigenvalue weighted by atomic mass is 16.2. The molecule has 1 fully saturated rings. The van der Waals surface area contributed by atoms with Crippen LogP contribution >= 0.6 is 0 Å². The second kappa shape index (κ2) is 2.43. The highest BCUT2D eigenvalue weighted by Crippen LogP contribution is 2.34. The Kier molecular flexibility index (Phi) is 1.87. The predicted octanol–water partition coefficient (Wildman–Crippen LogP) is 1.58. The molecule has 0 amide bonds. The van der Waals surface area contributed by atoms with E-state index in [0.717, 1.165) is 6.42 Å². The maximum absolute atomic E-state index is 11.2. The smallest absolute Gasteiger partial charge is 0.201 e. The van der Waals surface area contributed by atoms with E-state index in [2.05, 4.69) is 0 Å². The molecule has 1 unspecified atom stereocenters. The van der Waals surface area contributed by atoms with Crippen LogP contribution in [0.2, 0.25) is 0 Å². The summed E-state index contributed by atoms with van der Waals surface area (Å²) in [6.07, 6.45) is 1.21. The third-order valence-electron chi connectivity index (χ3n) is 2.30. The van der Waals surface area contributed by atoms with E-state index in [4.69, 9.17) is 0 Å². The van der Waals surface area contributed by atoms with Crippen LogP contribution < -0.4 is 0 Å². The van der Waals surface area contributed by atoms with Crippen molar-refractivity contribution in [3.05, 3.63) is 0 Å². The Hall–Kier alpha value is -0.660. The second-order valence-electron chi connectivity index (χ2n) is 4.24. The van der Waals surface area contributed by atoms with Crippen LogP contribution in [0.25, 0.3) is 0 Å². The van der Waals surface area contributed by atoms with Crippen LogP contribution in [0.1, 0.15) is 33.6 Å². The third-order valence-corrected chi connectivity index (χ3v) is 2.30. The largest absolute Gasteiger partial charge is 0.291 e. The molecular formula is C9H14O2. The molecule has 1 aliphatic carbocycles. The van der Waals surface area contributed by atoms with Crippen molar-refractivity contribution < 1.29 is 9.59 Å². The first-order valence-corrected chi connectivity index (χ1v) is 4.00. The molecule has 11 heavy (non-hydrogen) atoms. The van der Waals surface area contributed by atoms with Crippen LogP contribution in [0.4, 0.5) is 0 Å². The highest BCUT2D eigenvalue weighted by Gasteiger charge is 2.39. The van der Waals surface area contributed by atoms with Gasteiger partial charge in [0.25, 0.3) is 0 Å². The normalized spacial score (nSPS) is 26.3. The summed E-state index contributed by atoms with van der Waals surface area (Å²) in [6.45, 7) is 6.02. The van der Waals surface area contributed by atoms with E-state index in [1.54, 1.807) is 0 Å². The minimum atomic E-state index is -0.176. The van der Waals surface area contributed by atoms with Crippen LogP contribution in [0, 0.1) is 11.3 Å². The molecule has 0 bridgehead atoms. The molecule has 0 saturated heterocycles. The van der Waals surface area contributed by atoms with Crippen LogP contribution in [-0.4, -0.2) is 11.6 Å². The number of carbonyl (C=O) groups is 2. The molecule has 62 valence electrons. The Morgan fingerprint density at radius 2 is 1.82 bits per heavy atom. The summed E-state index contributed by atoms with van der Waals surface area (Å²) in [5.41, 5.74) is -0.0384. The highest BCUT2D eigenvalue weighted by molar-refractivity contribution is 6.39. The fraction of sp³-hybridized carbons (Fsp3) is 0.778. The van der Waals surface area contributed by atoms with Gasteiger partial charge in [0.2, 0.25) is 5.78 Å². The number of Topliss-reactive ketones (excluding diaryl/α,β-unsaturated/α-hetero) is 2. The average molecular weight is 154 g/mol. The van der Waals surface area contributed by atoms with E-state index < -0.39 is 0 Å². The average Bonchev–Trinajstić information content (AvgIpc) is 2.11. The van der Waals surface area contributed by atoms with Gasteiger partial charge in [-0.1, -0.05) is 20.8 Å². The van der Waals surface area contributed by atoms with Crippen molar-refractivity contribution in [3.63, 3.8) is 0 Å². The third kappa shape index (κ3) is 1.50. The Morgan fingerprint density at radius 3 is 2.00 bits per heavy atom. The molecule has 1 saturated carbocycles. The van der Waals surface area contributed by atoms with Crippen molar-refractivity contribution in [2.75, 3.05) is 0 Å². The fourth-order valence-corrected chi connectivity index (χ4v) is 1.55. The Balaban J connectivity index is 2.78. The Labute approximate surface area is 67.0 Å². The number of carbonyl (C=O) groups excluding carboxylic acids is 2. The van der Waals surface area contributed by atoms with Crippen LogP contribution in [0.5, 0.6) is 0 Å². The fourth-order valence-electron chi connectivity index (χ4n) is 1.55. The van der Waals surface area contributed by atoms with Gasteiger partial charge in [-0.15, -0.1) is 0 Å². The number of hydrogen-bond donors (Lipinski definition) is 0. The van der Waals surface area contributed by atoms with E-state index in [1.807, 2.05) is 20.8 Å². The number of rotatable bonds is 0. The molecule has 0 aromatic carbocycles. The standard InChI is InChI=1S/C9H14O2/c1-9(2,3)6-4-5-7(10)8(6)11/h6H,4-5H2,1-3H3. The summed E-state index contributed by atoms with van der Waals surface area (Å²) in [5.74, 6) is -0.363. The van der Waals surface area contributed by atoms with Crippen molar-refractivity contribution in [3.8, 4) is 0 Å². The zero-order valence-electron chi connectivity index (χ0n) is 7.31. The van der Waals surface area contributed by atoms with Gasteiger partial charge in [0.05, 0.1) is 0 Å². The molecule has 0 N–H and O–H groups in total. The van der Waals surface area contributed by atoms with Gasteiger partial charge in [-0.3, -0.25) is 9.59 Å². The zero-order chi connectivity index (χ0) is 8.65. The van der Waals surface area contributed by atoms with Gasteiger partial charge in [-0.05, 0) is 11.8 Å². The minimum Gasteiger partial charge on any atom is -0.291 e. The molecule has 0 spiro atoms. The summed E-state index contributed by atoms with van der Waals surface area (Å²) in [5, 5.41) is 0. The molecule has 0 aliphatic heterocycles. The summed E-state index contributed by atoms with van der Waals surface area (Å²) >= 11 is 0. The van der Waals surface area contributed by atoms with Gasteiger partial charge in [-0.25, -0.2) is 0 Å². The van der Waals surface area contributed by atoms with Crippen LogP contribution in [-0.2, 0) is 9.59 Å². The van der Waals surface area contributed by atoms with Gasteiger partial charge in [0.15, 0.2) is 5.78 Å². The summed E-state index contributed by atoms with van der Waals surface area (Å²) in [4.78, 5) is 22.1. The molecule has 2 heteroatoms. The van der Waals surface area contributed by atoms with Gasteiger partial charge in [0.1, 0.15) is 0 Å². The Bertz CT molecular complexity index is 198. The SMILES string of the molecule is CC(C)(C)C1CCC(=O)C1=O. The van der Waals surface area contributed by atoms with Crippen molar-refractivity contribution >= 4 is 11.6 Å². The number of ketones is 2. The summed E-state index contributed by atoms with van der Waals surface area (Å²) < 4.78 is 0. The van der Waals surface area contributed by atoms with Gasteiger partial charge in [-0.2, -0.15) is 0 Å². The molecule has 2 nitrogen and oxygen atoms in total. The maximum Gasteiger partial charge on any atom is 0.201 e. The predicted molar refractivity (Wildman–Crippen MR) is 42.2 cm³/mol. The molecule has 0 aromatic rings. The van der Waals surface area contributed by atoms with E-state index in [-0.39, 0.29) is 22.9 Å². The lowest BCUT2D eigenvalue weighted by molar-refractivity contribution is -0.137. The monoisotopic (exact) mass is 154 g/mol. The lowest BCUT2D eigenvalue weighted by atomic mass is 9.79. The van der Waals surface area contributed by atoms with E-state index >= 15 is 0 Å². The van der Waals surface area contributed by atoms with E-state index in [1.165, 1.54) is 0 Å². The molecule has 0 radical (unpaired) electrons. The first kappa shape index (κ1) is 8.44. The first-order chi connectivity index (χ1) is 4.93. The maximum atomic E-state index is 11.2. The summed E-state index contributed by atoms with van der Waals surface area (Å²) in [7, 11) is 0. The van der Waals surface area contributed by atoms with E-state index in [9.17, 15) is 9.59 Å². The molecule has 1 atom stereocenters. The van der Waals surface area contributed by atoms with Crippen molar-refractivity contribution in [2.45, 2.75) is 33.6 Å². The van der Waals surface area contributed by atoms with Crippen molar-refractivity contribution in [1.82, 2.24) is 0 Å². The molecule has 1 aliphatic rings. The minimum absolute atomic E-state index is 0.0324. The lowest BCUT2D eigenvalue weighted by Gasteiger charge is -2.24. The lowest BCUT2D eigenvalue weighted by Crippen LogP contribution is -2.26. The van der Waals surface area contributed by atoms with Gasteiger partial charge < -0.3 is 0 Å². The molecule has 0 heterocycles. The zero-order valence-corrected chi connectivity index (χ0v) is 7.31. The van der Waals surface area contributed by atoms with Crippen LogP contribution in [0.15, 0.2) is 0 Å². The topological polar surface area (TPSA) is 34.1 Å². The summed E-state index contributed by atoms with van der Waals surface area (Å²) in [6, 6.07) is 0. The van der Waals surface area contributed by atoms with Crippen LogP contribution in [0.3, 0.4) is 0 Å². The quantitative estimate of drug-likeness (QED) is 0.496. The second-order valence-corrected chi connectivity index (χ2v) is 4.24. The van der Waals surface area contributed by atoms with E-state index in [0.29, 0.717) is 6.42 Å². The van der Waals surface area contributed by atoms with Gasteiger partial charge in [0, 0.05) is 12.3 Å². The number of hydrogen-bond acceptors (Lipinski definition) is 2. The molecule has 1 rings (SSSR count). The molecular weight excluding hydrogens is 140 g/mol. The van der Waals surface area contributed by atoms with Crippen molar-refractivity contribution in [1.29, 1.82) is 0 Å². The first-order valence-electron chi connectivity index (χ1n) is 4.00. The molecule has 0 aromatic heterocycles. The Morgan fingerprint density at radius 1 is 1.27 bits per heavy atom. The van der Waals surface area contributed by atoms with Gasteiger partial charge >= 0.3 is 0 Å².